The summed E-state index contributed by atoms with van der Waals surface area (Å²) in [6.07, 6.45) is -2.09. The van der Waals surface area contributed by atoms with Crippen molar-refractivity contribution < 1.29 is 22.3 Å². The molecule has 4 N–H and O–H groups in total. The second-order valence-electron chi connectivity index (χ2n) is 7.00. The molecule has 3 heterocycles. The van der Waals surface area contributed by atoms with Crippen LogP contribution in [0.15, 0.2) is 47.1 Å². The summed E-state index contributed by atoms with van der Waals surface area (Å²) in [5, 5.41) is 10.4. The Hall–Kier alpha value is -3.87. The largest absolute Gasteiger partial charge is 0.461 e. The van der Waals surface area contributed by atoms with Gasteiger partial charge in [-0.1, -0.05) is 12.1 Å². The molecule has 0 aliphatic heterocycles. The molecule has 4 aromatic rings. The summed E-state index contributed by atoms with van der Waals surface area (Å²) in [7, 11) is 0. The highest BCUT2D eigenvalue weighted by Gasteiger charge is 2.27. The second-order valence-corrected chi connectivity index (χ2v) is 7.00. The van der Waals surface area contributed by atoms with Crippen LogP contribution in [0.25, 0.3) is 17.4 Å². The minimum Gasteiger partial charge on any atom is -0.461 e. The summed E-state index contributed by atoms with van der Waals surface area (Å²) in [6.45, 7) is -0.450. The van der Waals surface area contributed by atoms with Crippen LogP contribution in [-0.4, -0.2) is 57.0 Å². The lowest BCUT2D eigenvalue weighted by atomic mass is 10.1. The zero-order valence-corrected chi connectivity index (χ0v) is 17.3. The Labute approximate surface area is 186 Å². The van der Waals surface area contributed by atoms with Gasteiger partial charge in [0.25, 0.3) is 5.78 Å². The van der Waals surface area contributed by atoms with Crippen molar-refractivity contribution in [3.05, 3.63) is 48.2 Å². The molecular formula is C20H21F3N8O2. The maximum atomic E-state index is 12.0. The standard InChI is InChI=1S/C20H21F3N8O2/c21-20(22,23)12-32-11-9-25-14-5-3-13(4-6-14)7-8-26-18-28-17(24)31-19(29-18)27-16(30-31)15-2-1-10-33-15/h1-6,10,25H,7-9,11-12H2,(H3,24,26,27,28,29,30). The Morgan fingerprint density at radius 3 is 2.58 bits per heavy atom. The third-order valence-corrected chi connectivity index (χ3v) is 4.47. The van der Waals surface area contributed by atoms with Crippen LogP contribution in [0.3, 0.4) is 0 Å². The van der Waals surface area contributed by atoms with E-state index in [4.69, 9.17) is 10.2 Å². The first-order valence-electron chi connectivity index (χ1n) is 10.0. The topological polar surface area (TPSA) is 128 Å². The highest BCUT2D eigenvalue weighted by molar-refractivity contribution is 5.52. The summed E-state index contributed by atoms with van der Waals surface area (Å²) < 4.78 is 47.3. The number of halogens is 3. The lowest BCUT2D eigenvalue weighted by Gasteiger charge is -2.10. The average Bonchev–Trinajstić information content (AvgIpc) is 3.44. The summed E-state index contributed by atoms with van der Waals surface area (Å²) >= 11 is 0. The van der Waals surface area contributed by atoms with Crippen LogP contribution in [0.2, 0.25) is 0 Å². The first-order valence-corrected chi connectivity index (χ1v) is 10.0. The number of nitrogens with zero attached hydrogens (tertiary/aromatic N) is 5. The molecule has 33 heavy (non-hydrogen) atoms. The predicted molar refractivity (Wildman–Crippen MR) is 115 cm³/mol. The van der Waals surface area contributed by atoms with Crippen LogP contribution >= 0.6 is 0 Å². The lowest BCUT2D eigenvalue weighted by Crippen LogP contribution is -2.20. The molecule has 0 bridgehead atoms. The zero-order valence-electron chi connectivity index (χ0n) is 17.3. The van der Waals surface area contributed by atoms with Crippen LogP contribution in [-0.2, 0) is 11.2 Å². The van der Waals surface area contributed by atoms with Crippen molar-refractivity contribution >= 4 is 23.4 Å². The van der Waals surface area contributed by atoms with Crippen LogP contribution in [0, 0.1) is 0 Å². The zero-order chi connectivity index (χ0) is 23.3. The van der Waals surface area contributed by atoms with Crippen LogP contribution in [0.4, 0.5) is 30.8 Å². The highest BCUT2D eigenvalue weighted by Crippen LogP contribution is 2.18. The van der Waals surface area contributed by atoms with Gasteiger partial charge in [-0.05, 0) is 36.2 Å². The van der Waals surface area contributed by atoms with Gasteiger partial charge in [-0.2, -0.15) is 32.6 Å². The molecule has 13 heteroatoms. The van der Waals surface area contributed by atoms with E-state index in [-0.39, 0.29) is 19.1 Å². The van der Waals surface area contributed by atoms with E-state index in [2.05, 4.69) is 35.4 Å². The molecule has 0 radical (unpaired) electrons. The third-order valence-electron chi connectivity index (χ3n) is 4.47. The van der Waals surface area contributed by atoms with Gasteiger partial charge in [-0.15, -0.1) is 5.10 Å². The number of nitrogens with one attached hydrogen (secondary N) is 2. The van der Waals surface area contributed by atoms with Crippen LogP contribution in [0.1, 0.15) is 5.56 Å². The van der Waals surface area contributed by atoms with Crippen molar-refractivity contribution in [1.82, 2.24) is 24.6 Å². The number of benzene rings is 1. The SMILES string of the molecule is Nc1nc(NCCc2ccc(NCCOCC(F)(F)F)cc2)nc2nc(-c3ccco3)nn12. The average molecular weight is 462 g/mol. The quantitative estimate of drug-likeness (QED) is 0.305. The maximum Gasteiger partial charge on any atom is 0.411 e. The number of fused-ring (bicyclic) bond motifs is 1. The molecule has 0 aliphatic rings. The first kappa shape index (κ1) is 22.3. The molecule has 1 aromatic carbocycles. The van der Waals surface area contributed by atoms with E-state index >= 15 is 0 Å². The Bertz CT molecular complexity index is 1180. The van der Waals surface area contributed by atoms with Gasteiger partial charge in [-0.25, -0.2) is 0 Å². The summed E-state index contributed by atoms with van der Waals surface area (Å²) in [6, 6.07) is 11.0. The van der Waals surface area contributed by atoms with Gasteiger partial charge >= 0.3 is 6.18 Å². The Balaban J connectivity index is 1.26. The minimum absolute atomic E-state index is 0.0340. The molecule has 0 saturated heterocycles. The molecule has 0 saturated carbocycles. The molecule has 174 valence electrons. The van der Waals surface area contributed by atoms with Gasteiger partial charge in [-0.3, -0.25) is 0 Å². The van der Waals surface area contributed by atoms with Gasteiger partial charge in [0.05, 0.1) is 12.9 Å². The van der Waals surface area contributed by atoms with Gasteiger partial charge in [0.15, 0.2) is 5.76 Å². The molecular weight excluding hydrogens is 441 g/mol. The number of hydrogen-bond donors (Lipinski definition) is 3. The van der Waals surface area contributed by atoms with Crippen molar-refractivity contribution in [2.24, 2.45) is 0 Å². The molecule has 0 atom stereocenters. The molecule has 0 spiro atoms. The van der Waals surface area contributed by atoms with Crippen molar-refractivity contribution in [1.29, 1.82) is 0 Å². The third kappa shape index (κ3) is 6.10. The van der Waals surface area contributed by atoms with E-state index in [9.17, 15) is 13.2 Å². The van der Waals surface area contributed by atoms with E-state index in [1.807, 2.05) is 24.3 Å². The first-order chi connectivity index (χ1) is 15.9. The number of alkyl halides is 3. The van der Waals surface area contributed by atoms with Crippen molar-refractivity contribution in [3.63, 3.8) is 0 Å². The molecule has 0 aliphatic carbocycles. The predicted octanol–water partition coefficient (Wildman–Crippen LogP) is 3.01. The van der Waals surface area contributed by atoms with Crippen molar-refractivity contribution in [3.8, 4) is 11.6 Å². The number of nitrogens with two attached hydrogens (primary N) is 1. The minimum atomic E-state index is -4.31. The molecule has 3 aromatic heterocycles. The summed E-state index contributed by atoms with van der Waals surface area (Å²) in [5.74, 6) is 1.63. The number of furan rings is 1. The van der Waals surface area contributed by atoms with Gasteiger partial charge in [0.2, 0.25) is 17.7 Å². The lowest BCUT2D eigenvalue weighted by molar-refractivity contribution is -0.172. The van der Waals surface area contributed by atoms with Crippen LogP contribution < -0.4 is 16.4 Å². The van der Waals surface area contributed by atoms with Crippen molar-refractivity contribution in [2.45, 2.75) is 12.6 Å². The van der Waals surface area contributed by atoms with E-state index in [0.717, 1.165) is 11.3 Å². The fourth-order valence-corrected chi connectivity index (χ4v) is 2.96. The Kier molecular flexibility index (Phi) is 6.58. The number of nitrogen functional groups attached to an aromatic ring is 1. The van der Waals surface area contributed by atoms with Gasteiger partial charge < -0.3 is 25.5 Å². The summed E-state index contributed by atoms with van der Waals surface area (Å²) in [5.41, 5.74) is 7.82. The molecule has 4 rings (SSSR count). The molecule has 10 nitrogen and oxygen atoms in total. The molecule has 0 unspecified atom stereocenters. The molecule has 0 fully saturated rings. The molecule has 0 amide bonds. The number of hydrogen-bond acceptors (Lipinski definition) is 9. The van der Waals surface area contributed by atoms with E-state index in [1.54, 1.807) is 12.1 Å². The number of ether oxygens (including phenoxy) is 1. The maximum absolute atomic E-state index is 12.0. The normalized spacial score (nSPS) is 11.7. The fourth-order valence-electron chi connectivity index (χ4n) is 2.96. The smallest absolute Gasteiger partial charge is 0.411 e. The fraction of sp³-hybridized carbons (Fsp3) is 0.300. The van der Waals surface area contributed by atoms with E-state index in [1.165, 1.54) is 10.8 Å². The Morgan fingerprint density at radius 2 is 1.85 bits per heavy atom. The van der Waals surface area contributed by atoms with Crippen LogP contribution in [0.5, 0.6) is 0 Å². The Morgan fingerprint density at radius 1 is 1.03 bits per heavy atom. The van der Waals surface area contributed by atoms with E-state index in [0.29, 0.717) is 36.3 Å². The van der Waals surface area contributed by atoms with Crippen molar-refractivity contribution in [2.75, 3.05) is 42.7 Å². The second kappa shape index (κ2) is 9.73. The monoisotopic (exact) mass is 462 g/mol. The highest BCUT2D eigenvalue weighted by atomic mass is 19.4. The number of rotatable bonds is 10. The number of anilines is 3. The van der Waals surface area contributed by atoms with Gasteiger partial charge in [0.1, 0.15) is 6.61 Å². The summed E-state index contributed by atoms with van der Waals surface area (Å²) in [4.78, 5) is 12.8. The van der Waals surface area contributed by atoms with E-state index < -0.39 is 12.8 Å². The van der Waals surface area contributed by atoms with Gasteiger partial charge in [0, 0.05) is 18.8 Å². The number of aromatic nitrogens is 5.